The van der Waals surface area contributed by atoms with E-state index in [2.05, 4.69) is 45.1 Å². The summed E-state index contributed by atoms with van der Waals surface area (Å²) in [5.74, 6) is 2.65. The molecule has 2 N–H and O–H groups in total. The zero-order chi connectivity index (χ0) is 22.2. The summed E-state index contributed by atoms with van der Waals surface area (Å²) in [6.07, 6.45) is 7.27. The maximum atomic E-state index is 6.03. The quantitative estimate of drug-likeness (QED) is 0.288. The van der Waals surface area contributed by atoms with Crippen LogP contribution < -0.4 is 10.6 Å². The molecule has 2 fully saturated rings. The summed E-state index contributed by atoms with van der Waals surface area (Å²) in [5, 5.41) is 15.4. The fraction of sp³-hybridized carbons (Fsp3) is 0.625. The van der Waals surface area contributed by atoms with Crippen LogP contribution in [-0.2, 0) is 36.2 Å². The van der Waals surface area contributed by atoms with Crippen molar-refractivity contribution in [1.29, 1.82) is 0 Å². The van der Waals surface area contributed by atoms with Gasteiger partial charge in [-0.05, 0) is 43.7 Å². The third-order valence-corrected chi connectivity index (χ3v) is 6.39. The van der Waals surface area contributed by atoms with E-state index in [1.807, 2.05) is 18.5 Å². The third kappa shape index (κ3) is 7.92. The van der Waals surface area contributed by atoms with Crippen molar-refractivity contribution in [3.63, 3.8) is 0 Å². The number of ether oxygens (including phenoxy) is 2. The molecule has 1 aliphatic carbocycles. The molecule has 0 amide bonds. The fourth-order valence-electron chi connectivity index (χ4n) is 4.15. The monoisotopic (exact) mass is 568 g/mol. The Balaban J connectivity index is 0.00000306. The molecule has 1 aromatic heterocycles. The lowest BCUT2D eigenvalue weighted by Crippen LogP contribution is -2.42. The van der Waals surface area contributed by atoms with E-state index in [4.69, 9.17) is 14.5 Å². The summed E-state index contributed by atoms with van der Waals surface area (Å²) in [4.78, 5) is 4.85. The van der Waals surface area contributed by atoms with Crippen molar-refractivity contribution in [3.05, 3.63) is 47.0 Å². The lowest BCUT2D eigenvalue weighted by molar-refractivity contribution is -0.0390. The Bertz CT molecular complexity index is 874. The first-order chi connectivity index (χ1) is 15.7. The summed E-state index contributed by atoms with van der Waals surface area (Å²) in [6, 6.07) is 9.07. The standard InChI is InChI=1S/C24H36N6O2.HI/c1-18-28-29-23(30(18)2)16-26-24(27-21-5-3-4-6-21)25-15-19-7-9-20(10-8-19)17-32-22-11-13-31-14-12-22;/h7-10,21-22H,3-6,11-17H2,1-2H3,(H2,25,26,27);1H. The van der Waals surface area contributed by atoms with Gasteiger partial charge in [0.15, 0.2) is 11.8 Å². The van der Waals surface area contributed by atoms with E-state index in [9.17, 15) is 0 Å². The molecular weight excluding hydrogens is 531 g/mol. The van der Waals surface area contributed by atoms with Gasteiger partial charge >= 0.3 is 0 Å². The van der Waals surface area contributed by atoms with Crippen molar-refractivity contribution in [1.82, 2.24) is 25.4 Å². The molecule has 2 aromatic rings. The van der Waals surface area contributed by atoms with Gasteiger partial charge in [0, 0.05) is 26.3 Å². The molecule has 0 bridgehead atoms. The van der Waals surface area contributed by atoms with Crippen molar-refractivity contribution >= 4 is 29.9 Å². The van der Waals surface area contributed by atoms with E-state index in [0.717, 1.165) is 43.7 Å². The Morgan fingerprint density at radius 1 is 1.09 bits per heavy atom. The number of benzene rings is 1. The molecule has 2 aliphatic rings. The highest BCUT2D eigenvalue weighted by atomic mass is 127. The number of rotatable bonds is 8. The minimum absolute atomic E-state index is 0. The maximum Gasteiger partial charge on any atom is 0.192 e. The summed E-state index contributed by atoms with van der Waals surface area (Å²) >= 11 is 0. The highest BCUT2D eigenvalue weighted by Gasteiger charge is 2.17. The number of hydrogen-bond donors (Lipinski definition) is 2. The van der Waals surface area contributed by atoms with Crippen LogP contribution >= 0.6 is 24.0 Å². The van der Waals surface area contributed by atoms with Gasteiger partial charge in [-0.2, -0.15) is 0 Å². The molecule has 0 radical (unpaired) electrons. The maximum absolute atomic E-state index is 6.03. The van der Waals surface area contributed by atoms with E-state index in [-0.39, 0.29) is 24.0 Å². The second-order valence-corrected chi connectivity index (χ2v) is 8.81. The van der Waals surface area contributed by atoms with Crippen LogP contribution in [0.1, 0.15) is 61.3 Å². The Hall–Kier alpha value is -1.72. The minimum Gasteiger partial charge on any atom is -0.381 e. The number of nitrogens with one attached hydrogen (secondary N) is 2. The molecule has 1 saturated heterocycles. The number of guanidine groups is 1. The number of aliphatic imine (C=N–C) groups is 1. The predicted molar refractivity (Wildman–Crippen MR) is 140 cm³/mol. The topological polar surface area (TPSA) is 85.6 Å². The molecular formula is C24H37IN6O2. The molecule has 0 unspecified atom stereocenters. The van der Waals surface area contributed by atoms with Gasteiger partial charge in [0.05, 0.1) is 25.8 Å². The average molecular weight is 569 g/mol. The molecule has 182 valence electrons. The van der Waals surface area contributed by atoms with Gasteiger partial charge in [-0.1, -0.05) is 37.1 Å². The van der Waals surface area contributed by atoms with Crippen molar-refractivity contribution in [2.45, 2.75) is 77.3 Å². The fourth-order valence-corrected chi connectivity index (χ4v) is 4.15. The largest absolute Gasteiger partial charge is 0.381 e. The van der Waals surface area contributed by atoms with E-state index in [0.29, 0.717) is 31.8 Å². The SMILES string of the molecule is Cc1nnc(CNC(=NCc2ccc(COC3CCOCC3)cc2)NC2CCCC2)n1C.I. The van der Waals surface area contributed by atoms with Crippen molar-refractivity contribution in [2.75, 3.05) is 13.2 Å². The first-order valence-corrected chi connectivity index (χ1v) is 11.8. The highest BCUT2D eigenvalue weighted by Crippen LogP contribution is 2.18. The van der Waals surface area contributed by atoms with Gasteiger partial charge in [-0.15, -0.1) is 34.2 Å². The summed E-state index contributed by atoms with van der Waals surface area (Å²) in [7, 11) is 1.99. The van der Waals surface area contributed by atoms with Crippen LogP contribution in [0.2, 0.25) is 0 Å². The van der Waals surface area contributed by atoms with Gasteiger partial charge in [-0.3, -0.25) is 0 Å². The van der Waals surface area contributed by atoms with Crippen LogP contribution in [0.5, 0.6) is 0 Å². The zero-order valence-electron chi connectivity index (χ0n) is 19.8. The summed E-state index contributed by atoms with van der Waals surface area (Å²) in [5.41, 5.74) is 2.38. The molecule has 33 heavy (non-hydrogen) atoms. The molecule has 1 saturated carbocycles. The van der Waals surface area contributed by atoms with Crippen molar-refractivity contribution in [3.8, 4) is 0 Å². The molecule has 0 atom stereocenters. The average Bonchev–Trinajstić information content (AvgIpc) is 3.45. The van der Waals surface area contributed by atoms with Crippen LogP contribution in [-0.4, -0.2) is 46.1 Å². The Labute approximate surface area is 214 Å². The second-order valence-electron chi connectivity index (χ2n) is 8.81. The van der Waals surface area contributed by atoms with Crippen molar-refractivity contribution < 1.29 is 9.47 Å². The Morgan fingerprint density at radius 3 is 2.45 bits per heavy atom. The Morgan fingerprint density at radius 2 is 1.79 bits per heavy atom. The molecule has 8 nitrogen and oxygen atoms in total. The summed E-state index contributed by atoms with van der Waals surface area (Å²) < 4.78 is 13.4. The van der Waals surface area contributed by atoms with Gasteiger partial charge in [-0.25, -0.2) is 4.99 Å². The van der Waals surface area contributed by atoms with E-state index in [1.54, 1.807) is 0 Å². The molecule has 1 aromatic carbocycles. The van der Waals surface area contributed by atoms with Crippen LogP contribution in [0.25, 0.3) is 0 Å². The van der Waals surface area contributed by atoms with Gasteiger partial charge in [0.2, 0.25) is 0 Å². The normalized spacial score (nSPS) is 17.7. The Kier molecular flexibility index (Phi) is 10.4. The number of hydrogen-bond acceptors (Lipinski definition) is 5. The van der Waals surface area contributed by atoms with Crippen molar-refractivity contribution in [2.24, 2.45) is 12.0 Å². The van der Waals surface area contributed by atoms with Gasteiger partial charge in [0.1, 0.15) is 5.82 Å². The lowest BCUT2D eigenvalue weighted by Gasteiger charge is -2.22. The highest BCUT2D eigenvalue weighted by molar-refractivity contribution is 14.0. The second kappa shape index (κ2) is 13.2. The number of aromatic nitrogens is 3. The third-order valence-electron chi connectivity index (χ3n) is 6.39. The predicted octanol–water partition coefficient (Wildman–Crippen LogP) is 3.62. The summed E-state index contributed by atoms with van der Waals surface area (Å²) in [6.45, 7) is 5.45. The molecule has 0 spiro atoms. The van der Waals surface area contributed by atoms with Crippen LogP contribution in [0.4, 0.5) is 0 Å². The molecule has 2 heterocycles. The van der Waals surface area contributed by atoms with Gasteiger partial charge < -0.3 is 24.7 Å². The molecule has 1 aliphatic heterocycles. The van der Waals surface area contributed by atoms with Gasteiger partial charge in [0.25, 0.3) is 0 Å². The first kappa shape index (κ1) is 25.9. The first-order valence-electron chi connectivity index (χ1n) is 11.8. The number of nitrogens with zero attached hydrogens (tertiary/aromatic N) is 4. The number of aryl methyl sites for hydroxylation is 1. The molecule has 9 heteroatoms. The van der Waals surface area contributed by atoms with Crippen LogP contribution in [0.15, 0.2) is 29.3 Å². The van der Waals surface area contributed by atoms with E-state index in [1.165, 1.54) is 36.8 Å². The minimum atomic E-state index is 0. The van der Waals surface area contributed by atoms with Crippen LogP contribution in [0.3, 0.4) is 0 Å². The molecule has 4 rings (SSSR count). The van der Waals surface area contributed by atoms with Crippen LogP contribution in [0, 0.1) is 6.92 Å². The smallest absolute Gasteiger partial charge is 0.192 e. The van der Waals surface area contributed by atoms with E-state index < -0.39 is 0 Å². The van der Waals surface area contributed by atoms with E-state index >= 15 is 0 Å². The number of halogens is 1. The lowest BCUT2D eigenvalue weighted by atomic mass is 10.1. The zero-order valence-corrected chi connectivity index (χ0v) is 22.1.